The number of rotatable bonds is 14. The van der Waals surface area contributed by atoms with Gasteiger partial charge in [0.05, 0.1) is 35.2 Å². The number of nitriles is 1. The van der Waals surface area contributed by atoms with Crippen molar-refractivity contribution in [3.8, 4) is 29.0 Å². The minimum atomic E-state index is -1.17. The minimum Gasteiger partial charge on any atom is -0.507 e. The van der Waals surface area contributed by atoms with Crippen LogP contribution in [0.4, 0.5) is 27.4 Å². The van der Waals surface area contributed by atoms with Crippen LogP contribution in [0.15, 0.2) is 83.5 Å². The highest BCUT2D eigenvalue weighted by atomic mass is 19.1. The van der Waals surface area contributed by atoms with Gasteiger partial charge in [0.2, 0.25) is 17.7 Å². The quantitative estimate of drug-likeness (QED) is 0.103. The molecule has 0 aliphatic carbocycles. The Morgan fingerprint density at radius 3 is 2.40 bits per heavy atom. The molecule has 3 aromatic heterocycles. The summed E-state index contributed by atoms with van der Waals surface area (Å²) >= 11 is 0. The molecular weight excluding hydrogens is 932 g/mol. The number of nitrogens with zero attached hydrogens (tertiary/aromatic N) is 10. The number of phenols is 1. The molecule has 2 aromatic carbocycles. The van der Waals surface area contributed by atoms with Crippen LogP contribution in [0.2, 0.25) is 0 Å². The summed E-state index contributed by atoms with van der Waals surface area (Å²) in [7, 11) is 0. The lowest BCUT2D eigenvalue weighted by Crippen LogP contribution is -2.54. The highest BCUT2D eigenvalue weighted by Gasteiger charge is 2.45. The molecule has 73 heavy (non-hydrogen) atoms. The number of anilines is 4. The normalized spacial score (nSPS) is 24.4. The zero-order valence-electron chi connectivity index (χ0n) is 41.6. The maximum Gasteiger partial charge on any atom is 0.243 e. The third kappa shape index (κ3) is 10.6. The first-order valence-corrected chi connectivity index (χ1v) is 25.7. The van der Waals surface area contributed by atoms with E-state index in [2.05, 4.69) is 51.3 Å². The van der Waals surface area contributed by atoms with Gasteiger partial charge in [-0.1, -0.05) is 43.3 Å². The number of ether oxygens (including phenoxy) is 1. The van der Waals surface area contributed by atoms with Crippen LogP contribution in [-0.4, -0.2) is 141 Å². The van der Waals surface area contributed by atoms with Crippen LogP contribution in [-0.2, 0) is 9.59 Å². The van der Waals surface area contributed by atoms with E-state index in [4.69, 9.17) is 20.3 Å². The van der Waals surface area contributed by atoms with Gasteiger partial charge in [-0.15, -0.1) is 10.2 Å². The van der Waals surface area contributed by atoms with Crippen LogP contribution in [0.3, 0.4) is 0 Å². The van der Waals surface area contributed by atoms with Crippen molar-refractivity contribution >= 4 is 34.8 Å². The molecule has 384 valence electrons. The molecular formula is C54H65FN12O6. The maximum atomic E-state index is 16.0. The Morgan fingerprint density at radius 2 is 1.68 bits per heavy atom. The molecule has 5 aliphatic heterocycles. The lowest BCUT2D eigenvalue weighted by atomic mass is 9.91. The lowest BCUT2D eigenvalue weighted by Gasteiger charge is -2.43. The summed E-state index contributed by atoms with van der Waals surface area (Å²) in [5.74, 6) is 0.824. The van der Waals surface area contributed by atoms with Crippen molar-refractivity contribution < 1.29 is 33.5 Å². The molecule has 8 atom stereocenters. The second-order valence-corrected chi connectivity index (χ2v) is 20.9. The van der Waals surface area contributed by atoms with Gasteiger partial charge in [-0.05, 0) is 92.8 Å². The summed E-state index contributed by atoms with van der Waals surface area (Å²) in [6.07, 6.45) is 3.62. The number of pyridine rings is 1. The zero-order valence-corrected chi connectivity index (χ0v) is 41.6. The standard InChI is InChI=1S/C54H65FN12O6/c1-32(2)51(54(71)66-30-40(68)23-45(66)53(70)59-33(3)36-10-8-34(26-56)9-11-36)48-25-49(62-73-48)64-20-15-35(16-21-64)27-63-19-17-47(42(55)31-63)72-50-22-37(14-18-58-50)67-38-12-13-39(67)29-65(28-38)44-24-43(60-61-52(44)57)41-6-4-5-7-46(41)69/h4-11,14,18,22,24-25,32-33,35,38-40,42,45,47,51,68-69H,12-13,15-17,19-21,23,27-31H2,1-3H3,(H2,57,61)(H,59,70)/t33-,38?,39?,40+,42+,45-,47-,51+/m0/s1. The number of nitrogens with two attached hydrogens (primary N) is 1. The summed E-state index contributed by atoms with van der Waals surface area (Å²) in [5, 5.41) is 46.2. The fourth-order valence-electron chi connectivity index (χ4n) is 11.8. The molecule has 19 heteroatoms. The number of alkyl halides is 1. The third-order valence-electron chi connectivity index (χ3n) is 15.6. The van der Waals surface area contributed by atoms with Gasteiger partial charge in [0.15, 0.2) is 17.4 Å². The highest BCUT2D eigenvalue weighted by Crippen LogP contribution is 2.40. The molecule has 2 unspecified atom stereocenters. The Labute approximate surface area is 424 Å². The van der Waals surface area contributed by atoms with E-state index in [1.165, 1.54) is 4.90 Å². The predicted molar refractivity (Wildman–Crippen MR) is 273 cm³/mol. The number of nitrogen functional groups attached to an aromatic ring is 1. The number of hydrogen-bond acceptors (Lipinski definition) is 16. The number of aliphatic hydroxyl groups excluding tert-OH is 1. The van der Waals surface area contributed by atoms with E-state index >= 15 is 4.39 Å². The number of piperazine rings is 1. The van der Waals surface area contributed by atoms with Crippen LogP contribution >= 0.6 is 0 Å². The third-order valence-corrected chi connectivity index (χ3v) is 15.6. The molecule has 0 saturated carbocycles. The number of aromatic nitrogens is 4. The number of likely N-dealkylation sites (tertiary alicyclic amines) is 2. The molecule has 8 heterocycles. The Bertz CT molecular complexity index is 2790. The van der Waals surface area contributed by atoms with E-state index in [0.29, 0.717) is 59.0 Å². The average Bonchev–Trinajstić information content (AvgIpc) is 4.10. The van der Waals surface area contributed by atoms with Gasteiger partial charge < -0.3 is 50.1 Å². The van der Waals surface area contributed by atoms with E-state index in [-0.39, 0.29) is 54.6 Å². The van der Waals surface area contributed by atoms with E-state index < -0.39 is 30.3 Å². The monoisotopic (exact) mass is 997 g/mol. The number of benzene rings is 2. The summed E-state index contributed by atoms with van der Waals surface area (Å²) in [5.41, 5.74) is 10.7. The maximum absolute atomic E-state index is 16.0. The van der Waals surface area contributed by atoms with Gasteiger partial charge in [0, 0.05) is 100 Å². The molecule has 18 nitrogen and oxygen atoms in total. The molecule has 5 fully saturated rings. The number of piperidine rings is 2. The van der Waals surface area contributed by atoms with E-state index in [9.17, 15) is 19.8 Å². The topological polar surface area (TPSA) is 227 Å². The number of β-amino-alcohol motifs (C(OH)–C–C–N with tert-alkyl or cyclic N) is 1. The first-order valence-electron chi connectivity index (χ1n) is 25.7. The number of phenolic OH excluding ortho intramolecular Hbond substituents is 1. The zero-order chi connectivity index (χ0) is 50.9. The molecule has 2 bridgehead atoms. The number of carbonyl (C=O) groups excluding carboxylic acids is 2. The number of fused-ring (bicyclic) bond motifs is 2. The average molecular weight is 997 g/mol. The van der Waals surface area contributed by atoms with Crippen molar-refractivity contribution in [1.82, 2.24) is 35.5 Å². The van der Waals surface area contributed by atoms with Crippen LogP contribution in [0.1, 0.15) is 88.1 Å². The van der Waals surface area contributed by atoms with Gasteiger partial charge in [0.25, 0.3) is 0 Å². The van der Waals surface area contributed by atoms with Gasteiger partial charge >= 0.3 is 0 Å². The van der Waals surface area contributed by atoms with Crippen LogP contribution in [0.25, 0.3) is 11.3 Å². The highest BCUT2D eigenvalue weighted by molar-refractivity contribution is 5.91. The summed E-state index contributed by atoms with van der Waals surface area (Å²) in [6.45, 7) is 10.5. The molecule has 5 aliphatic rings. The molecule has 2 amide bonds. The largest absolute Gasteiger partial charge is 0.507 e. The number of carbonyl (C=O) groups is 2. The number of aliphatic hydroxyl groups is 1. The second kappa shape index (κ2) is 21.2. The van der Waals surface area contributed by atoms with Crippen LogP contribution in [0, 0.1) is 23.2 Å². The molecule has 0 radical (unpaired) electrons. The second-order valence-electron chi connectivity index (χ2n) is 20.9. The van der Waals surface area contributed by atoms with Crippen molar-refractivity contribution in [2.45, 2.75) is 108 Å². The fraction of sp³-hybridized carbons (Fsp3) is 0.500. The smallest absolute Gasteiger partial charge is 0.243 e. The summed E-state index contributed by atoms with van der Waals surface area (Å²) in [6, 6.07) is 23.0. The first kappa shape index (κ1) is 49.5. The van der Waals surface area contributed by atoms with E-state index in [0.717, 1.165) is 81.9 Å². The van der Waals surface area contributed by atoms with Crippen molar-refractivity contribution in [1.29, 1.82) is 5.26 Å². The van der Waals surface area contributed by atoms with Crippen LogP contribution < -0.4 is 30.5 Å². The van der Waals surface area contributed by atoms with Crippen molar-refractivity contribution in [2.75, 3.05) is 72.8 Å². The lowest BCUT2D eigenvalue weighted by molar-refractivity contribution is -0.141. The first-order chi connectivity index (χ1) is 35.3. The Hall–Kier alpha value is -7.04. The molecule has 10 rings (SSSR count). The van der Waals surface area contributed by atoms with Crippen molar-refractivity contribution in [3.05, 3.63) is 95.9 Å². The summed E-state index contributed by atoms with van der Waals surface area (Å²) in [4.78, 5) is 43.0. The molecule has 5 saturated heterocycles. The Morgan fingerprint density at radius 1 is 0.932 bits per heavy atom. The molecule has 5 N–H and O–H groups in total. The number of hydrogen-bond donors (Lipinski definition) is 4. The summed E-state index contributed by atoms with van der Waals surface area (Å²) < 4.78 is 28.2. The minimum absolute atomic E-state index is 0.0366. The van der Waals surface area contributed by atoms with Gasteiger partial charge in [-0.3, -0.25) is 14.5 Å². The fourth-order valence-corrected chi connectivity index (χ4v) is 11.8. The number of aromatic hydroxyl groups is 1. The number of amides is 2. The van der Waals surface area contributed by atoms with Gasteiger partial charge in [0.1, 0.15) is 30.0 Å². The van der Waals surface area contributed by atoms with E-state index in [1.807, 2.05) is 57.2 Å². The Kier molecular flexibility index (Phi) is 14.4. The SMILES string of the molecule is CC(C)[C@@H](C(=O)N1C[C@H](O)C[C@H]1C(=O)N[C@@H](C)c1ccc(C#N)cc1)c1cc(N2CCC(CN3CC[C@H](Oc4cc(N5C6CCC5CN(c5cc(-c7ccccc7O)nnc5N)C6)ccn4)[C@H](F)C3)CC2)no1. The van der Waals surface area contributed by atoms with E-state index in [1.54, 1.807) is 42.6 Å². The van der Waals surface area contributed by atoms with Gasteiger partial charge in [-0.2, -0.15) is 5.26 Å². The predicted octanol–water partition coefficient (Wildman–Crippen LogP) is 5.83. The van der Waals surface area contributed by atoms with Crippen molar-refractivity contribution in [2.24, 2.45) is 11.8 Å². The Balaban J connectivity index is 0.695. The van der Waals surface area contributed by atoms with Crippen LogP contribution in [0.5, 0.6) is 11.6 Å². The van der Waals surface area contributed by atoms with Gasteiger partial charge in [-0.25, -0.2) is 9.37 Å². The number of para-hydroxylation sites is 1. The van der Waals surface area contributed by atoms with Crippen molar-refractivity contribution in [3.63, 3.8) is 0 Å². The number of nitrogens with one attached hydrogen (secondary N) is 1. The molecule has 0 spiro atoms. The number of halogens is 1. The molecule has 5 aromatic rings.